The van der Waals surface area contributed by atoms with E-state index >= 15 is 0 Å². The fraction of sp³-hybridized carbons (Fsp3) is 0.966. The first-order chi connectivity index (χ1) is 16.3. The van der Waals surface area contributed by atoms with Crippen LogP contribution in [-0.2, 0) is 0 Å². The lowest BCUT2D eigenvalue weighted by Gasteiger charge is -2.27. The predicted molar refractivity (Wildman–Crippen MR) is 146 cm³/mol. The van der Waals surface area contributed by atoms with Gasteiger partial charge in [-0.15, -0.1) is 0 Å². The summed E-state index contributed by atoms with van der Waals surface area (Å²) in [5, 5.41) is 3.66. The smallest absolute Gasteiger partial charge is 0.186 e. The molecular formula is C29H58N4. The van der Waals surface area contributed by atoms with Crippen molar-refractivity contribution in [1.29, 1.82) is 0 Å². The van der Waals surface area contributed by atoms with Crippen LogP contribution in [0, 0.1) is 11.8 Å². The third kappa shape index (κ3) is 15.0. The zero-order valence-corrected chi connectivity index (χ0v) is 22.0. The van der Waals surface area contributed by atoms with Crippen LogP contribution in [0.2, 0.25) is 0 Å². The second-order valence-electron chi connectivity index (χ2n) is 11.2. The number of unbranched alkanes of at least 4 members (excludes halogenated alkanes) is 9. The number of hydrogen-bond acceptors (Lipinski definition) is 2. The minimum Gasteiger partial charge on any atom is -0.370 e. The summed E-state index contributed by atoms with van der Waals surface area (Å²) in [6, 6.07) is 0.369. The van der Waals surface area contributed by atoms with E-state index in [9.17, 15) is 0 Å². The quantitative estimate of drug-likeness (QED) is 0.106. The molecule has 5 N–H and O–H groups in total. The van der Waals surface area contributed by atoms with Crippen molar-refractivity contribution in [2.24, 2.45) is 28.3 Å². The van der Waals surface area contributed by atoms with Gasteiger partial charge in [-0.25, -0.2) is 0 Å². The van der Waals surface area contributed by atoms with Gasteiger partial charge < -0.3 is 16.8 Å². The summed E-state index contributed by atoms with van der Waals surface area (Å²) in [6.07, 6.45) is 32.2. The number of nitrogens with zero attached hydrogens (tertiary/aromatic N) is 1. The summed E-state index contributed by atoms with van der Waals surface area (Å²) in [6.45, 7) is 2.41. The Hall–Kier alpha value is -0.770. The van der Waals surface area contributed by atoms with E-state index < -0.39 is 0 Å². The van der Waals surface area contributed by atoms with Gasteiger partial charge in [-0.3, -0.25) is 4.99 Å². The second-order valence-corrected chi connectivity index (χ2v) is 11.2. The highest BCUT2D eigenvalue weighted by Gasteiger charge is 2.22. The molecule has 0 saturated heterocycles. The highest BCUT2D eigenvalue weighted by Crippen LogP contribution is 2.30. The molecule has 1 atom stereocenters. The van der Waals surface area contributed by atoms with Crippen LogP contribution in [0.15, 0.2) is 4.99 Å². The second kappa shape index (κ2) is 19.5. The fourth-order valence-electron chi connectivity index (χ4n) is 6.24. The van der Waals surface area contributed by atoms with Crippen molar-refractivity contribution >= 4 is 5.96 Å². The minimum absolute atomic E-state index is 0.284. The maximum atomic E-state index is 5.70. The molecule has 194 valence electrons. The molecular weight excluding hydrogens is 404 g/mol. The summed E-state index contributed by atoms with van der Waals surface area (Å²) in [7, 11) is 0. The maximum Gasteiger partial charge on any atom is 0.186 e. The van der Waals surface area contributed by atoms with Crippen LogP contribution in [0.4, 0.5) is 0 Å². The molecule has 0 bridgehead atoms. The van der Waals surface area contributed by atoms with Gasteiger partial charge in [0, 0.05) is 0 Å². The molecule has 0 spiro atoms. The Bertz CT molecular complexity index is 462. The molecule has 0 radical (unpaired) electrons. The van der Waals surface area contributed by atoms with Crippen LogP contribution in [0.5, 0.6) is 0 Å². The van der Waals surface area contributed by atoms with Gasteiger partial charge in [-0.1, -0.05) is 116 Å². The van der Waals surface area contributed by atoms with Crippen molar-refractivity contribution in [2.75, 3.05) is 13.1 Å². The van der Waals surface area contributed by atoms with Crippen LogP contribution in [0.3, 0.4) is 0 Å². The first-order valence-corrected chi connectivity index (χ1v) is 15.0. The maximum absolute atomic E-state index is 5.70. The summed E-state index contributed by atoms with van der Waals surface area (Å²) in [5.74, 6) is 2.07. The van der Waals surface area contributed by atoms with Crippen LogP contribution in [-0.4, -0.2) is 25.1 Å². The normalized spacial score (nSPS) is 18.9. The van der Waals surface area contributed by atoms with Gasteiger partial charge in [0.1, 0.15) is 0 Å². The number of nitrogens with one attached hydrogen (secondary N) is 1. The van der Waals surface area contributed by atoms with E-state index in [1.807, 2.05) is 0 Å². The van der Waals surface area contributed by atoms with Gasteiger partial charge >= 0.3 is 0 Å². The van der Waals surface area contributed by atoms with E-state index in [1.165, 1.54) is 161 Å². The average molecular weight is 463 g/mol. The zero-order valence-electron chi connectivity index (χ0n) is 22.0. The highest BCUT2D eigenvalue weighted by atomic mass is 15.0. The number of guanidine groups is 1. The number of rotatable bonds is 19. The Morgan fingerprint density at radius 3 is 1.76 bits per heavy atom. The largest absolute Gasteiger partial charge is 0.370 e. The molecule has 0 amide bonds. The third-order valence-electron chi connectivity index (χ3n) is 8.30. The van der Waals surface area contributed by atoms with E-state index in [0.29, 0.717) is 12.0 Å². The lowest BCUT2D eigenvalue weighted by atomic mass is 9.82. The molecule has 2 aliphatic rings. The van der Waals surface area contributed by atoms with Crippen LogP contribution < -0.4 is 16.8 Å². The topological polar surface area (TPSA) is 76.4 Å². The third-order valence-corrected chi connectivity index (χ3v) is 8.30. The van der Waals surface area contributed by atoms with Crippen LogP contribution >= 0.6 is 0 Å². The number of hydrogen-bond donors (Lipinski definition) is 3. The lowest BCUT2D eigenvalue weighted by molar-refractivity contribution is 0.291. The van der Waals surface area contributed by atoms with Crippen molar-refractivity contribution in [3.8, 4) is 0 Å². The van der Waals surface area contributed by atoms with Gasteiger partial charge in [0.15, 0.2) is 5.96 Å². The molecule has 0 aromatic heterocycles. The van der Waals surface area contributed by atoms with E-state index in [2.05, 4.69) is 10.3 Å². The van der Waals surface area contributed by atoms with Gasteiger partial charge in [-0.05, 0) is 57.0 Å². The zero-order chi connectivity index (χ0) is 23.4. The standard InChI is InChI=1S/C29H58N4/c30-29(31)33-28(27-21-13-9-14-22-27)23-15-5-3-7-17-25-32-24-16-6-2-1-4-10-18-26-19-11-8-12-20-26/h26-28,32H,1-25H2,(H4,30,31,33). The highest BCUT2D eigenvalue weighted by molar-refractivity contribution is 5.75. The Balaban J connectivity index is 1.31. The van der Waals surface area contributed by atoms with Crippen molar-refractivity contribution in [1.82, 2.24) is 5.32 Å². The van der Waals surface area contributed by atoms with Gasteiger partial charge in [-0.2, -0.15) is 0 Å². The molecule has 2 fully saturated rings. The molecule has 2 saturated carbocycles. The molecule has 0 aromatic carbocycles. The van der Waals surface area contributed by atoms with E-state index in [1.54, 1.807) is 0 Å². The summed E-state index contributed by atoms with van der Waals surface area (Å²) in [4.78, 5) is 4.59. The number of nitrogens with two attached hydrogens (primary N) is 2. The Kier molecular flexibility index (Phi) is 16.8. The molecule has 4 heteroatoms. The average Bonchev–Trinajstić information content (AvgIpc) is 2.84. The van der Waals surface area contributed by atoms with E-state index in [0.717, 1.165) is 5.92 Å². The molecule has 0 aliphatic heterocycles. The van der Waals surface area contributed by atoms with Crippen molar-refractivity contribution < 1.29 is 0 Å². The Morgan fingerprint density at radius 2 is 1.15 bits per heavy atom. The molecule has 0 aromatic rings. The van der Waals surface area contributed by atoms with Crippen LogP contribution in [0.1, 0.15) is 148 Å². The van der Waals surface area contributed by atoms with Crippen molar-refractivity contribution in [2.45, 2.75) is 154 Å². The molecule has 2 aliphatic carbocycles. The van der Waals surface area contributed by atoms with Gasteiger partial charge in [0.2, 0.25) is 0 Å². The summed E-state index contributed by atoms with van der Waals surface area (Å²) in [5.41, 5.74) is 11.4. The minimum atomic E-state index is 0.284. The molecule has 0 heterocycles. The van der Waals surface area contributed by atoms with E-state index in [4.69, 9.17) is 11.5 Å². The molecule has 2 rings (SSSR count). The molecule has 33 heavy (non-hydrogen) atoms. The van der Waals surface area contributed by atoms with E-state index in [-0.39, 0.29) is 5.96 Å². The molecule has 1 unspecified atom stereocenters. The van der Waals surface area contributed by atoms with Crippen LogP contribution in [0.25, 0.3) is 0 Å². The van der Waals surface area contributed by atoms with Crippen molar-refractivity contribution in [3.63, 3.8) is 0 Å². The summed E-state index contributed by atoms with van der Waals surface area (Å²) >= 11 is 0. The molecule has 4 nitrogen and oxygen atoms in total. The van der Waals surface area contributed by atoms with Gasteiger partial charge in [0.25, 0.3) is 0 Å². The SMILES string of the molecule is NC(N)=NC(CCCCCCCNCCCCCCCCC1CCCCC1)C1CCCCC1. The lowest BCUT2D eigenvalue weighted by Crippen LogP contribution is -2.29. The van der Waals surface area contributed by atoms with Gasteiger partial charge in [0.05, 0.1) is 6.04 Å². The summed E-state index contributed by atoms with van der Waals surface area (Å²) < 4.78 is 0. The fourth-order valence-corrected chi connectivity index (χ4v) is 6.24. The number of aliphatic imine (C=N–C) groups is 1. The Morgan fingerprint density at radius 1 is 0.636 bits per heavy atom. The first kappa shape index (κ1) is 28.5. The monoisotopic (exact) mass is 462 g/mol. The van der Waals surface area contributed by atoms with Crippen molar-refractivity contribution in [3.05, 3.63) is 0 Å². The predicted octanol–water partition coefficient (Wildman–Crippen LogP) is 7.45. The Labute approximate surface area is 206 Å². The first-order valence-electron chi connectivity index (χ1n) is 15.0.